The molecule has 1 N–H and O–H groups in total. The van der Waals surface area contributed by atoms with E-state index in [0.717, 1.165) is 0 Å². The molecule has 2 fully saturated rings. The minimum absolute atomic E-state index is 0.0133. The fourth-order valence-corrected chi connectivity index (χ4v) is 3.40. The summed E-state index contributed by atoms with van der Waals surface area (Å²) in [6, 6.07) is 0. The number of carboxylic acid groups (broad SMARTS) is 1. The molecule has 1 aliphatic heterocycles. The zero-order valence-corrected chi connectivity index (χ0v) is 12.7. The standard InChI is InChI=1S/C15H24N2O4/c1-16(2)13(18)10-5-7-17(8-6-10)14(19)11-3-4-12(9-11)15(20)21/h10-12H,3-9H2,1-2H3,(H,20,21)/t11-,12+/m1/s1. The van der Waals surface area contributed by atoms with Gasteiger partial charge in [-0.2, -0.15) is 0 Å². The summed E-state index contributed by atoms with van der Waals surface area (Å²) in [6.07, 6.45) is 3.15. The zero-order valence-electron chi connectivity index (χ0n) is 12.7. The molecule has 1 saturated carbocycles. The Morgan fingerprint density at radius 1 is 0.952 bits per heavy atom. The molecule has 0 aromatic heterocycles. The van der Waals surface area contributed by atoms with Crippen LogP contribution < -0.4 is 0 Å². The number of piperidine rings is 1. The van der Waals surface area contributed by atoms with Crippen LogP contribution >= 0.6 is 0 Å². The van der Waals surface area contributed by atoms with Gasteiger partial charge in [0.05, 0.1) is 5.92 Å². The molecule has 21 heavy (non-hydrogen) atoms. The predicted octanol–water partition coefficient (Wildman–Crippen LogP) is 0.814. The maximum atomic E-state index is 12.4. The van der Waals surface area contributed by atoms with Gasteiger partial charge in [0.2, 0.25) is 11.8 Å². The number of amides is 2. The number of rotatable bonds is 3. The number of aliphatic carboxylic acids is 1. The summed E-state index contributed by atoms with van der Waals surface area (Å²) in [6.45, 7) is 1.22. The number of carbonyl (C=O) groups excluding carboxylic acids is 2. The molecule has 2 rings (SSSR count). The Hall–Kier alpha value is -1.59. The Morgan fingerprint density at radius 2 is 1.52 bits per heavy atom. The summed E-state index contributed by atoms with van der Waals surface area (Å²) in [5.74, 6) is -1.08. The molecule has 1 heterocycles. The van der Waals surface area contributed by atoms with Crippen LogP contribution in [0.15, 0.2) is 0 Å². The van der Waals surface area contributed by atoms with Gasteiger partial charge in [-0.25, -0.2) is 0 Å². The monoisotopic (exact) mass is 296 g/mol. The number of nitrogens with zero attached hydrogens (tertiary/aromatic N) is 2. The number of hydrogen-bond donors (Lipinski definition) is 1. The Labute approximate surface area is 125 Å². The van der Waals surface area contributed by atoms with Crippen molar-refractivity contribution in [3.05, 3.63) is 0 Å². The van der Waals surface area contributed by atoms with E-state index in [1.165, 1.54) is 0 Å². The van der Waals surface area contributed by atoms with Gasteiger partial charge in [-0.05, 0) is 32.1 Å². The average Bonchev–Trinajstić information content (AvgIpc) is 2.96. The molecule has 118 valence electrons. The topological polar surface area (TPSA) is 77.9 Å². The molecule has 1 aliphatic carbocycles. The van der Waals surface area contributed by atoms with Crippen LogP contribution in [0.25, 0.3) is 0 Å². The van der Waals surface area contributed by atoms with E-state index in [4.69, 9.17) is 5.11 Å². The van der Waals surface area contributed by atoms with Crippen molar-refractivity contribution in [3.8, 4) is 0 Å². The molecular weight excluding hydrogens is 272 g/mol. The molecule has 1 saturated heterocycles. The van der Waals surface area contributed by atoms with Crippen molar-refractivity contribution >= 4 is 17.8 Å². The van der Waals surface area contributed by atoms with Gasteiger partial charge < -0.3 is 14.9 Å². The van der Waals surface area contributed by atoms with Crippen molar-refractivity contribution in [3.63, 3.8) is 0 Å². The van der Waals surface area contributed by atoms with Crippen LogP contribution in [0.5, 0.6) is 0 Å². The molecule has 2 aliphatic rings. The van der Waals surface area contributed by atoms with E-state index in [-0.39, 0.29) is 29.6 Å². The van der Waals surface area contributed by atoms with Crippen molar-refractivity contribution in [2.75, 3.05) is 27.2 Å². The summed E-state index contributed by atoms with van der Waals surface area (Å²) >= 11 is 0. The Morgan fingerprint density at radius 3 is 2.00 bits per heavy atom. The SMILES string of the molecule is CN(C)C(=O)C1CCN(C(=O)[C@@H]2CC[C@H](C(=O)O)C2)CC1. The molecule has 2 amide bonds. The summed E-state index contributed by atoms with van der Waals surface area (Å²) in [4.78, 5) is 38.7. The lowest BCUT2D eigenvalue weighted by Crippen LogP contribution is -2.44. The first-order chi connectivity index (χ1) is 9.90. The van der Waals surface area contributed by atoms with E-state index in [2.05, 4.69) is 0 Å². The summed E-state index contributed by atoms with van der Waals surface area (Å²) in [7, 11) is 3.51. The third-order valence-electron chi connectivity index (χ3n) is 4.73. The predicted molar refractivity (Wildman–Crippen MR) is 76.5 cm³/mol. The first-order valence-electron chi connectivity index (χ1n) is 7.63. The second-order valence-corrected chi connectivity index (χ2v) is 6.38. The first-order valence-corrected chi connectivity index (χ1v) is 7.63. The highest BCUT2D eigenvalue weighted by Gasteiger charge is 2.37. The molecule has 0 aromatic carbocycles. The van der Waals surface area contributed by atoms with Gasteiger partial charge in [0.1, 0.15) is 0 Å². The normalized spacial score (nSPS) is 26.7. The van der Waals surface area contributed by atoms with Crippen molar-refractivity contribution in [2.24, 2.45) is 17.8 Å². The second kappa shape index (κ2) is 6.45. The van der Waals surface area contributed by atoms with Gasteiger partial charge in [-0.15, -0.1) is 0 Å². The highest BCUT2D eigenvalue weighted by Crippen LogP contribution is 2.33. The van der Waals surface area contributed by atoms with Crippen LogP contribution in [0.4, 0.5) is 0 Å². The van der Waals surface area contributed by atoms with Crippen molar-refractivity contribution in [2.45, 2.75) is 32.1 Å². The molecule has 6 heteroatoms. The van der Waals surface area contributed by atoms with Gasteiger partial charge >= 0.3 is 5.97 Å². The maximum absolute atomic E-state index is 12.4. The molecule has 0 unspecified atom stereocenters. The van der Waals surface area contributed by atoms with E-state index in [0.29, 0.717) is 45.2 Å². The van der Waals surface area contributed by atoms with Crippen LogP contribution in [0.1, 0.15) is 32.1 Å². The Balaban J connectivity index is 1.84. The first kappa shape index (κ1) is 15.8. The van der Waals surface area contributed by atoms with Gasteiger partial charge in [0.15, 0.2) is 0 Å². The summed E-state index contributed by atoms with van der Waals surface area (Å²) < 4.78 is 0. The highest BCUT2D eigenvalue weighted by molar-refractivity contribution is 5.82. The second-order valence-electron chi connectivity index (χ2n) is 6.38. The molecule has 0 aromatic rings. The fraction of sp³-hybridized carbons (Fsp3) is 0.800. The Bertz CT molecular complexity index is 427. The van der Waals surface area contributed by atoms with E-state index in [1.54, 1.807) is 19.0 Å². The van der Waals surface area contributed by atoms with Crippen molar-refractivity contribution in [1.29, 1.82) is 0 Å². The van der Waals surface area contributed by atoms with E-state index in [1.807, 2.05) is 4.90 Å². The minimum Gasteiger partial charge on any atom is -0.481 e. The van der Waals surface area contributed by atoms with Crippen LogP contribution in [0, 0.1) is 17.8 Å². The van der Waals surface area contributed by atoms with Gasteiger partial charge in [-0.3, -0.25) is 14.4 Å². The molecule has 6 nitrogen and oxygen atoms in total. The highest BCUT2D eigenvalue weighted by atomic mass is 16.4. The third kappa shape index (κ3) is 3.54. The molecule has 2 atom stereocenters. The number of likely N-dealkylation sites (tertiary alicyclic amines) is 1. The maximum Gasteiger partial charge on any atom is 0.306 e. The smallest absolute Gasteiger partial charge is 0.306 e. The molecular formula is C15H24N2O4. The largest absolute Gasteiger partial charge is 0.481 e. The third-order valence-corrected chi connectivity index (χ3v) is 4.73. The lowest BCUT2D eigenvalue weighted by Gasteiger charge is -2.34. The lowest BCUT2D eigenvalue weighted by atomic mass is 9.94. The van der Waals surface area contributed by atoms with Crippen LogP contribution in [0.2, 0.25) is 0 Å². The molecule has 0 bridgehead atoms. The number of carbonyl (C=O) groups is 3. The minimum atomic E-state index is -0.791. The van der Waals surface area contributed by atoms with Crippen molar-refractivity contribution in [1.82, 2.24) is 9.80 Å². The number of carboxylic acids is 1. The average molecular weight is 296 g/mol. The van der Waals surface area contributed by atoms with Crippen molar-refractivity contribution < 1.29 is 19.5 Å². The quantitative estimate of drug-likeness (QED) is 0.836. The summed E-state index contributed by atoms with van der Waals surface area (Å²) in [5.41, 5.74) is 0. The Kier molecular flexibility index (Phi) is 4.85. The van der Waals surface area contributed by atoms with Gasteiger partial charge in [0.25, 0.3) is 0 Å². The van der Waals surface area contributed by atoms with Crippen LogP contribution in [-0.2, 0) is 14.4 Å². The van der Waals surface area contributed by atoms with E-state index >= 15 is 0 Å². The van der Waals surface area contributed by atoms with Gasteiger partial charge in [-0.1, -0.05) is 0 Å². The summed E-state index contributed by atoms with van der Waals surface area (Å²) in [5, 5.41) is 9.00. The fourth-order valence-electron chi connectivity index (χ4n) is 3.40. The van der Waals surface area contributed by atoms with Crippen LogP contribution in [0.3, 0.4) is 0 Å². The molecule has 0 spiro atoms. The lowest BCUT2D eigenvalue weighted by molar-refractivity contribution is -0.143. The van der Waals surface area contributed by atoms with Crippen LogP contribution in [-0.4, -0.2) is 59.9 Å². The number of hydrogen-bond acceptors (Lipinski definition) is 3. The van der Waals surface area contributed by atoms with Gasteiger partial charge in [0, 0.05) is 39.0 Å². The van der Waals surface area contributed by atoms with E-state index in [9.17, 15) is 14.4 Å². The molecule has 0 radical (unpaired) electrons. The zero-order chi connectivity index (χ0) is 15.6. The van der Waals surface area contributed by atoms with E-state index < -0.39 is 5.97 Å².